The second-order valence-electron chi connectivity index (χ2n) is 7.98. The zero-order valence-corrected chi connectivity index (χ0v) is 18.2. The molecular weight excluding hydrogens is 386 g/mol. The molecule has 1 aromatic heterocycles. The molecule has 0 N–H and O–H groups in total. The van der Waals surface area contributed by atoms with Gasteiger partial charge in [-0.15, -0.1) is 0 Å². The van der Waals surface area contributed by atoms with Crippen molar-refractivity contribution in [1.82, 2.24) is 9.78 Å². The molecule has 1 aliphatic rings. The number of benzene rings is 3. The summed E-state index contributed by atoms with van der Waals surface area (Å²) in [5, 5.41) is 4.75. The summed E-state index contributed by atoms with van der Waals surface area (Å²) in [7, 11) is 3.99. The third kappa shape index (κ3) is 3.52. The van der Waals surface area contributed by atoms with Gasteiger partial charge in [0, 0.05) is 37.5 Å². The largest absolute Gasteiger partial charge is 0.454 e. The normalized spacial score (nSPS) is 12.3. The summed E-state index contributed by atoms with van der Waals surface area (Å²) in [5.74, 6) is 2.55. The lowest BCUT2D eigenvalue weighted by Gasteiger charge is -2.19. The highest BCUT2D eigenvalue weighted by atomic mass is 16.7. The van der Waals surface area contributed by atoms with Gasteiger partial charge in [0.15, 0.2) is 11.5 Å². The van der Waals surface area contributed by atoms with E-state index in [1.165, 1.54) is 22.3 Å². The summed E-state index contributed by atoms with van der Waals surface area (Å²) >= 11 is 0. The van der Waals surface area contributed by atoms with Crippen molar-refractivity contribution in [2.75, 3.05) is 18.7 Å². The molecule has 4 aromatic rings. The van der Waals surface area contributed by atoms with Gasteiger partial charge in [-0.1, -0.05) is 42.5 Å². The molecule has 0 fully saturated rings. The summed E-state index contributed by atoms with van der Waals surface area (Å²) in [5.41, 5.74) is 8.11. The summed E-state index contributed by atoms with van der Waals surface area (Å²) in [6.07, 6.45) is 0. The van der Waals surface area contributed by atoms with E-state index in [9.17, 15) is 0 Å². The number of hydrogen-bond donors (Lipinski definition) is 0. The van der Waals surface area contributed by atoms with Crippen molar-refractivity contribution in [3.63, 3.8) is 0 Å². The Morgan fingerprint density at radius 3 is 2.26 bits per heavy atom. The first-order valence-electron chi connectivity index (χ1n) is 10.3. The molecule has 2 heterocycles. The number of rotatable bonds is 4. The molecule has 0 bridgehead atoms. The minimum Gasteiger partial charge on any atom is -0.454 e. The van der Waals surface area contributed by atoms with E-state index in [0.717, 1.165) is 34.3 Å². The van der Waals surface area contributed by atoms with Crippen molar-refractivity contribution in [2.45, 2.75) is 13.8 Å². The summed E-state index contributed by atoms with van der Waals surface area (Å²) < 4.78 is 12.8. The van der Waals surface area contributed by atoms with Gasteiger partial charge in [-0.3, -0.25) is 4.68 Å². The Morgan fingerprint density at radius 1 is 0.774 bits per heavy atom. The lowest BCUT2D eigenvalue weighted by atomic mass is 9.99. The Labute approximate surface area is 182 Å². The van der Waals surface area contributed by atoms with E-state index < -0.39 is 0 Å². The maximum Gasteiger partial charge on any atom is 0.231 e. The van der Waals surface area contributed by atoms with Crippen LogP contribution in [0.15, 0.2) is 66.7 Å². The highest BCUT2D eigenvalue weighted by molar-refractivity contribution is 5.72. The Hall–Kier alpha value is -3.73. The third-order valence-corrected chi connectivity index (χ3v) is 5.96. The molecule has 156 valence electrons. The van der Waals surface area contributed by atoms with Gasteiger partial charge in [-0.05, 0) is 48.2 Å². The van der Waals surface area contributed by atoms with E-state index in [1.807, 2.05) is 37.0 Å². The topological polar surface area (TPSA) is 39.5 Å². The first kappa shape index (κ1) is 19.2. The first-order valence-corrected chi connectivity index (χ1v) is 10.3. The van der Waals surface area contributed by atoms with E-state index >= 15 is 0 Å². The van der Waals surface area contributed by atoms with Gasteiger partial charge in [0.2, 0.25) is 6.79 Å². The Balaban J connectivity index is 1.42. The van der Waals surface area contributed by atoms with E-state index in [0.29, 0.717) is 0 Å². The highest BCUT2D eigenvalue weighted by Gasteiger charge is 2.17. The van der Waals surface area contributed by atoms with Crippen molar-refractivity contribution in [1.29, 1.82) is 0 Å². The van der Waals surface area contributed by atoms with Crippen molar-refractivity contribution < 1.29 is 9.47 Å². The molecule has 5 rings (SSSR count). The van der Waals surface area contributed by atoms with Crippen LogP contribution in [0.25, 0.3) is 22.4 Å². The summed E-state index contributed by atoms with van der Waals surface area (Å²) in [6.45, 7) is 4.57. The summed E-state index contributed by atoms with van der Waals surface area (Å²) in [4.78, 5) is 2.10. The molecule has 1 aliphatic heterocycles. The van der Waals surface area contributed by atoms with Crippen LogP contribution in [0.3, 0.4) is 0 Å². The van der Waals surface area contributed by atoms with Gasteiger partial charge in [0.05, 0.1) is 5.69 Å². The molecule has 0 spiro atoms. The van der Waals surface area contributed by atoms with Gasteiger partial charge in [0.25, 0.3) is 0 Å². The summed E-state index contributed by atoms with van der Waals surface area (Å²) in [6, 6.07) is 23.3. The number of anilines is 2. The van der Waals surface area contributed by atoms with Crippen LogP contribution in [-0.2, 0) is 7.05 Å². The Kier molecular flexibility index (Phi) is 4.66. The predicted molar refractivity (Wildman–Crippen MR) is 124 cm³/mol. The smallest absolute Gasteiger partial charge is 0.231 e. The number of hydrogen-bond acceptors (Lipinski definition) is 4. The van der Waals surface area contributed by atoms with Crippen LogP contribution in [0.5, 0.6) is 11.5 Å². The van der Waals surface area contributed by atoms with Crippen LogP contribution in [-0.4, -0.2) is 23.6 Å². The Morgan fingerprint density at radius 2 is 1.48 bits per heavy atom. The van der Waals surface area contributed by atoms with Gasteiger partial charge < -0.3 is 14.4 Å². The van der Waals surface area contributed by atoms with Crippen LogP contribution in [0.2, 0.25) is 0 Å². The van der Waals surface area contributed by atoms with Crippen LogP contribution in [0.1, 0.15) is 11.1 Å². The molecule has 3 aromatic carbocycles. The fraction of sp³-hybridized carbons (Fsp3) is 0.192. The third-order valence-electron chi connectivity index (χ3n) is 5.96. The Bertz CT molecular complexity index is 1260. The van der Waals surface area contributed by atoms with Crippen LogP contribution in [0, 0.1) is 13.8 Å². The van der Waals surface area contributed by atoms with E-state index in [4.69, 9.17) is 14.6 Å². The van der Waals surface area contributed by atoms with Crippen molar-refractivity contribution in [3.8, 4) is 33.9 Å². The number of aromatic nitrogens is 2. The fourth-order valence-electron chi connectivity index (χ4n) is 3.89. The van der Waals surface area contributed by atoms with Crippen LogP contribution < -0.4 is 14.4 Å². The SMILES string of the molecule is Cc1ccc(-c2ccc(-c3cc(N(C)c4ccc5c(c4)OCO5)n(C)n3)cc2)cc1C. The van der Waals surface area contributed by atoms with Gasteiger partial charge in [-0.2, -0.15) is 5.10 Å². The van der Waals surface area contributed by atoms with Crippen molar-refractivity contribution in [2.24, 2.45) is 7.05 Å². The average Bonchev–Trinajstić information content (AvgIpc) is 3.41. The molecule has 31 heavy (non-hydrogen) atoms. The molecular formula is C26H25N3O2. The predicted octanol–water partition coefficient (Wildman–Crippen LogP) is 5.87. The minimum absolute atomic E-state index is 0.274. The number of fused-ring (bicyclic) bond motifs is 1. The van der Waals surface area contributed by atoms with E-state index in [1.54, 1.807) is 0 Å². The molecule has 0 saturated heterocycles. The monoisotopic (exact) mass is 411 g/mol. The molecule has 0 saturated carbocycles. The molecule has 0 aliphatic carbocycles. The molecule has 0 atom stereocenters. The van der Waals surface area contributed by atoms with Gasteiger partial charge in [-0.25, -0.2) is 0 Å². The zero-order valence-electron chi connectivity index (χ0n) is 18.2. The molecule has 0 radical (unpaired) electrons. The second kappa shape index (κ2) is 7.51. The molecule has 0 unspecified atom stereocenters. The van der Waals surface area contributed by atoms with Crippen molar-refractivity contribution >= 4 is 11.5 Å². The highest BCUT2D eigenvalue weighted by Crippen LogP contribution is 2.37. The lowest BCUT2D eigenvalue weighted by molar-refractivity contribution is 0.174. The van der Waals surface area contributed by atoms with Crippen LogP contribution in [0.4, 0.5) is 11.5 Å². The maximum absolute atomic E-state index is 5.52. The number of nitrogens with zero attached hydrogens (tertiary/aromatic N) is 3. The first-order chi connectivity index (χ1) is 15.0. The zero-order chi connectivity index (χ0) is 21.5. The van der Waals surface area contributed by atoms with E-state index in [-0.39, 0.29) is 6.79 Å². The van der Waals surface area contributed by atoms with Crippen molar-refractivity contribution in [3.05, 3.63) is 77.9 Å². The average molecular weight is 412 g/mol. The molecule has 0 amide bonds. The molecule has 5 heteroatoms. The second-order valence-corrected chi connectivity index (χ2v) is 7.98. The van der Waals surface area contributed by atoms with Crippen LogP contribution >= 0.6 is 0 Å². The number of ether oxygens (including phenoxy) is 2. The minimum atomic E-state index is 0.274. The maximum atomic E-state index is 5.52. The standard InChI is InChI=1S/C26H25N3O2/c1-17-5-6-21(13-18(17)2)19-7-9-20(10-8-19)23-15-26(29(4)27-23)28(3)22-11-12-24-25(14-22)31-16-30-24/h5-15H,16H2,1-4H3. The van der Waals surface area contributed by atoms with E-state index in [2.05, 4.69) is 67.3 Å². The lowest BCUT2D eigenvalue weighted by Crippen LogP contribution is -2.13. The fourth-order valence-corrected chi connectivity index (χ4v) is 3.89. The quantitative estimate of drug-likeness (QED) is 0.421. The number of aryl methyl sites for hydroxylation is 3. The van der Waals surface area contributed by atoms with Gasteiger partial charge >= 0.3 is 0 Å². The molecule has 5 nitrogen and oxygen atoms in total. The van der Waals surface area contributed by atoms with Gasteiger partial charge in [0.1, 0.15) is 5.82 Å².